The van der Waals surface area contributed by atoms with E-state index in [4.69, 9.17) is 29.2 Å². The summed E-state index contributed by atoms with van der Waals surface area (Å²) < 4.78 is 45.2. The van der Waals surface area contributed by atoms with Gasteiger partial charge in [0.05, 0.1) is 41.2 Å². The normalized spacial score (nSPS) is 30.1. The third kappa shape index (κ3) is 5.93. The standard InChI is InChI=1S/C43H52N3O10P/c1-22(2)12-11-17-41(8)18-16-26-34(53-41)25(14-13-23(3)4)35-31(36(26)55-57(49,50)51)33-32-30(28(21-44)38(45)46(33)9)27-20-29-40(6,7)56-42(37(27)47,43(29,32)54-35)19-15-24(5)39(48)52-10/h12-13,15-16,18,27,29-30H,11,14,17,19-20,45H2,1-10H3,(H2,49,50,51)/b24-15-. The molecule has 6 unspecified atom stereocenters. The van der Waals surface area contributed by atoms with E-state index in [1.165, 1.54) is 7.11 Å². The minimum atomic E-state index is -5.25. The number of carbonyl (C=O) groups is 2. The van der Waals surface area contributed by atoms with E-state index in [1.54, 1.807) is 31.0 Å². The molecule has 6 atom stereocenters. The lowest BCUT2D eigenvalue weighted by Gasteiger charge is -2.63. The highest BCUT2D eigenvalue weighted by molar-refractivity contribution is 7.46. The fourth-order valence-corrected chi connectivity index (χ4v) is 10.6. The largest absolute Gasteiger partial charge is 0.524 e. The number of phosphoric ester groups is 1. The third-order valence-electron chi connectivity index (χ3n) is 12.6. The Labute approximate surface area is 333 Å². The predicted molar refractivity (Wildman–Crippen MR) is 212 cm³/mol. The summed E-state index contributed by atoms with van der Waals surface area (Å²) in [5.74, 6) is -2.45. The van der Waals surface area contributed by atoms with Crippen molar-refractivity contribution in [1.29, 1.82) is 5.26 Å². The molecule has 4 N–H and O–H groups in total. The molecule has 1 spiro atoms. The van der Waals surface area contributed by atoms with Gasteiger partial charge in [-0.2, -0.15) is 5.26 Å². The molecule has 8 rings (SSSR count). The van der Waals surface area contributed by atoms with E-state index in [-0.39, 0.29) is 52.7 Å². The van der Waals surface area contributed by atoms with Gasteiger partial charge in [0.2, 0.25) is 0 Å². The summed E-state index contributed by atoms with van der Waals surface area (Å²) in [5, 5.41) is 10.7. The van der Waals surface area contributed by atoms with Crippen molar-refractivity contribution in [2.75, 3.05) is 14.2 Å². The number of benzene rings is 1. The number of methoxy groups -OCH3 is 1. The lowest BCUT2D eigenvalue weighted by molar-refractivity contribution is -0.181. The van der Waals surface area contributed by atoms with Crippen LogP contribution in [0.3, 0.4) is 0 Å². The van der Waals surface area contributed by atoms with Crippen molar-refractivity contribution in [3.05, 3.63) is 74.7 Å². The molecule has 4 bridgehead atoms. The lowest BCUT2D eigenvalue weighted by Crippen LogP contribution is -2.75. The maximum absolute atomic E-state index is 15.3. The summed E-state index contributed by atoms with van der Waals surface area (Å²) in [5.41, 5.74) is 6.46. The van der Waals surface area contributed by atoms with E-state index in [0.29, 0.717) is 47.4 Å². The van der Waals surface area contributed by atoms with E-state index >= 15 is 4.79 Å². The summed E-state index contributed by atoms with van der Waals surface area (Å²) >= 11 is 0. The Hall–Kier alpha value is -4.60. The van der Waals surface area contributed by atoms with Crippen molar-refractivity contribution in [2.45, 2.75) is 110 Å². The molecular formula is C43H52N3O10P. The van der Waals surface area contributed by atoms with Crippen LogP contribution in [0.1, 0.15) is 97.8 Å². The maximum Gasteiger partial charge on any atom is 0.524 e. The van der Waals surface area contributed by atoms with Gasteiger partial charge in [0.15, 0.2) is 22.7 Å². The predicted octanol–water partition coefficient (Wildman–Crippen LogP) is 6.95. The number of nitriles is 1. The topological polar surface area (TPSA) is 191 Å². The first kappa shape index (κ1) is 40.6. The molecule has 0 amide bonds. The fraction of sp³-hybridized carbons (Fsp3) is 0.512. The monoisotopic (exact) mass is 801 g/mol. The van der Waals surface area contributed by atoms with Crippen molar-refractivity contribution < 1.29 is 47.4 Å². The van der Waals surface area contributed by atoms with Crippen LogP contribution in [-0.2, 0) is 30.0 Å². The van der Waals surface area contributed by atoms with Crippen LogP contribution in [0.5, 0.6) is 17.2 Å². The van der Waals surface area contributed by atoms with E-state index in [9.17, 15) is 24.4 Å². The van der Waals surface area contributed by atoms with Crippen molar-refractivity contribution in [2.24, 2.45) is 23.5 Å². The number of nitrogens with zero attached hydrogens (tertiary/aromatic N) is 2. The minimum Gasteiger partial charge on any atom is -0.482 e. The van der Waals surface area contributed by atoms with Gasteiger partial charge in [-0.15, -0.1) is 0 Å². The number of carbonyl (C=O) groups excluding carboxylic acids is 2. The van der Waals surface area contributed by atoms with Crippen LogP contribution in [-0.4, -0.2) is 63.0 Å². The van der Waals surface area contributed by atoms with Gasteiger partial charge >= 0.3 is 13.8 Å². The molecule has 14 heteroatoms. The molecule has 4 fully saturated rings. The van der Waals surface area contributed by atoms with Crippen LogP contribution >= 0.6 is 7.82 Å². The van der Waals surface area contributed by atoms with Crippen LogP contribution in [0.15, 0.2) is 58.0 Å². The average molecular weight is 802 g/mol. The van der Waals surface area contributed by atoms with Crippen molar-refractivity contribution in [3.63, 3.8) is 0 Å². The molecule has 4 aliphatic heterocycles. The second kappa shape index (κ2) is 13.5. The number of esters is 1. The van der Waals surface area contributed by atoms with Crippen LogP contribution in [0.2, 0.25) is 0 Å². The number of nitrogens with two attached hydrogens (primary N) is 1. The van der Waals surface area contributed by atoms with Crippen LogP contribution < -0.4 is 19.7 Å². The Balaban J connectivity index is 1.62. The summed E-state index contributed by atoms with van der Waals surface area (Å²) in [6, 6.07) is 2.29. The molecule has 4 heterocycles. The van der Waals surface area contributed by atoms with E-state index < -0.39 is 53.9 Å². The van der Waals surface area contributed by atoms with Crippen LogP contribution in [0.4, 0.5) is 0 Å². The Morgan fingerprint density at radius 3 is 2.40 bits per heavy atom. The van der Waals surface area contributed by atoms with Crippen molar-refractivity contribution >= 4 is 31.3 Å². The highest BCUT2D eigenvalue weighted by Gasteiger charge is 2.84. The molecule has 57 heavy (non-hydrogen) atoms. The molecule has 0 radical (unpaired) electrons. The molecule has 13 nitrogen and oxygen atoms in total. The second-order valence-electron chi connectivity index (χ2n) is 17.3. The van der Waals surface area contributed by atoms with Crippen molar-refractivity contribution in [3.8, 4) is 23.3 Å². The molecule has 3 saturated carbocycles. The van der Waals surface area contributed by atoms with Crippen molar-refractivity contribution in [1.82, 2.24) is 4.90 Å². The zero-order valence-corrected chi connectivity index (χ0v) is 35.1. The molecular weight excluding hydrogens is 749 g/mol. The first-order valence-corrected chi connectivity index (χ1v) is 20.8. The van der Waals surface area contributed by atoms with Gasteiger partial charge in [-0.1, -0.05) is 29.4 Å². The highest BCUT2D eigenvalue weighted by Crippen LogP contribution is 2.74. The Morgan fingerprint density at radius 1 is 1.11 bits per heavy atom. The maximum atomic E-state index is 15.3. The van der Waals surface area contributed by atoms with Crippen LogP contribution in [0, 0.1) is 29.1 Å². The minimum absolute atomic E-state index is 0.0609. The quantitative estimate of drug-likeness (QED) is 0.0954. The molecule has 1 aromatic carbocycles. The first-order valence-electron chi connectivity index (χ1n) is 19.3. The number of rotatable bonds is 10. The van der Waals surface area contributed by atoms with Crippen LogP contribution in [0.25, 0.3) is 11.8 Å². The van der Waals surface area contributed by atoms with Gasteiger partial charge < -0.3 is 34.1 Å². The summed E-state index contributed by atoms with van der Waals surface area (Å²) in [6.07, 6.45) is 11.3. The Morgan fingerprint density at radius 2 is 1.79 bits per heavy atom. The smallest absolute Gasteiger partial charge is 0.482 e. The Kier molecular flexibility index (Phi) is 9.60. The third-order valence-corrected chi connectivity index (χ3v) is 13.0. The van der Waals surface area contributed by atoms with Gasteiger partial charge in [-0.25, -0.2) is 9.36 Å². The van der Waals surface area contributed by atoms with E-state index in [1.807, 2.05) is 60.6 Å². The Bertz CT molecular complexity index is 2280. The van der Waals surface area contributed by atoms with Gasteiger partial charge in [0.25, 0.3) is 0 Å². The number of Topliss-reactive ketones (excluding diaryl/α,β-unsaturated/α-hetero) is 1. The SMILES string of the molecule is COC(=O)/C(C)=C\CC12OC(C)(C)C3CC(C1=O)C1C(C#N)=C(N)N(C)C4=C1C32Oc1c(CC=C(C)C)c2c(c(OP(=O)(O)O)c14)C=CC(C)(CCC=C(C)C)O2. The van der Waals surface area contributed by atoms with Gasteiger partial charge in [0.1, 0.15) is 22.9 Å². The highest BCUT2D eigenvalue weighted by atomic mass is 31.2. The number of phosphoric acid groups is 1. The fourth-order valence-electron chi connectivity index (χ4n) is 10.1. The molecule has 3 aliphatic carbocycles. The number of hydrogen-bond acceptors (Lipinski definition) is 11. The second-order valence-corrected chi connectivity index (χ2v) is 18.5. The molecule has 304 valence electrons. The zero-order chi connectivity index (χ0) is 41.8. The van der Waals surface area contributed by atoms with Gasteiger partial charge in [0, 0.05) is 47.9 Å². The lowest BCUT2D eigenvalue weighted by atomic mass is 9.44. The van der Waals surface area contributed by atoms with E-state index in [0.717, 1.165) is 11.1 Å². The summed E-state index contributed by atoms with van der Waals surface area (Å²) in [7, 11) is -2.28. The number of allylic oxidation sites excluding steroid dienone is 5. The molecule has 7 aliphatic rings. The number of ether oxygens (including phenoxy) is 4. The average Bonchev–Trinajstić information content (AvgIpc) is 3.26. The molecule has 1 aromatic rings. The van der Waals surface area contributed by atoms with Gasteiger partial charge in [-0.3, -0.25) is 14.6 Å². The van der Waals surface area contributed by atoms with E-state index in [2.05, 4.69) is 12.1 Å². The van der Waals surface area contributed by atoms with Gasteiger partial charge in [-0.05, 0) is 93.2 Å². The number of fused-ring (bicyclic) bond motifs is 3. The zero-order valence-electron chi connectivity index (χ0n) is 34.2. The summed E-state index contributed by atoms with van der Waals surface area (Å²) in [6.45, 7) is 15.4. The summed E-state index contributed by atoms with van der Waals surface area (Å²) in [4.78, 5) is 50.7. The molecule has 0 aromatic heterocycles. The number of hydrogen-bond donors (Lipinski definition) is 3. The molecule has 1 saturated heterocycles. The first-order chi connectivity index (χ1) is 26.6. The number of ketones is 1.